The largest absolute Gasteiger partial charge is 0.486 e. The van der Waals surface area contributed by atoms with E-state index in [2.05, 4.69) is 15.9 Å². The van der Waals surface area contributed by atoms with Crippen LogP contribution in [0.1, 0.15) is 39.2 Å². The average Bonchev–Trinajstić information content (AvgIpc) is 2.70. The van der Waals surface area contributed by atoms with Crippen LogP contribution in [0.5, 0.6) is 5.75 Å². The van der Waals surface area contributed by atoms with Gasteiger partial charge in [0.15, 0.2) is 0 Å². The van der Waals surface area contributed by atoms with Crippen molar-refractivity contribution < 1.29 is 32.6 Å². The van der Waals surface area contributed by atoms with Crippen molar-refractivity contribution in [2.45, 2.75) is 56.6 Å². The Morgan fingerprint density at radius 1 is 1.21 bits per heavy atom. The number of carbonyl (C=O) groups is 2. The van der Waals surface area contributed by atoms with Gasteiger partial charge in [-0.2, -0.15) is 0 Å². The first-order valence-corrected chi connectivity index (χ1v) is 12.6. The molecule has 0 aromatic heterocycles. The molecule has 10 heteroatoms. The third-order valence-electron chi connectivity index (χ3n) is 4.79. The molecule has 1 aliphatic heterocycles. The molecule has 178 valence electrons. The first-order chi connectivity index (χ1) is 15.3. The number of benzene rings is 2. The number of fused-ring (bicyclic) bond motifs is 1. The number of carboxylic acid groups (broad SMARTS) is 1. The minimum absolute atomic E-state index is 0.0300. The Kier molecular flexibility index (Phi) is 7.38. The maximum absolute atomic E-state index is 13.5. The highest BCUT2D eigenvalue weighted by molar-refractivity contribution is 9.10. The first-order valence-electron chi connectivity index (χ1n) is 10.4. The number of anilines is 1. The second-order valence-corrected chi connectivity index (χ2v) is 11.5. The predicted molar refractivity (Wildman–Crippen MR) is 126 cm³/mol. The van der Waals surface area contributed by atoms with Crippen LogP contribution >= 0.6 is 15.9 Å². The minimum Gasteiger partial charge on any atom is -0.486 e. The highest BCUT2D eigenvalue weighted by Crippen LogP contribution is 2.39. The average molecular weight is 540 g/mol. The van der Waals surface area contributed by atoms with Gasteiger partial charge >= 0.3 is 11.9 Å². The third-order valence-corrected chi connectivity index (χ3v) is 7.06. The van der Waals surface area contributed by atoms with E-state index < -0.39 is 33.7 Å². The van der Waals surface area contributed by atoms with Gasteiger partial charge in [-0.15, -0.1) is 0 Å². The molecule has 0 amide bonds. The molecule has 1 aliphatic rings. The van der Waals surface area contributed by atoms with E-state index in [1.807, 2.05) is 0 Å². The van der Waals surface area contributed by atoms with Gasteiger partial charge in [0.25, 0.3) is 10.0 Å². The standard InChI is InChI=1S/C23H26BrNO7S/c1-23(2,3)32-22(28)12-15-7-9-20-19(11-15)25(14-17(31-20)8-10-21(26)27)33(29,30)18-6-4-5-16(24)13-18/h4-7,9,11,13,17H,8,10,12,14H2,1-3H3,(H,26,27)/t17-/m0/s1. The molecular weight excluding hydrogens is 514 g/mol. The molecule has 33 heavy (non-hydrogen) atoms. The molecule has 1 N–H and O–H groups in total. The lowest BCUT2D eigenvalue weighted by atomic mass is 10.1. The summed E-state index contributed by atoms with van der Waals surface area (Å²) >= 11 is 3.30. The van der Waals surface area contributed by atoms with E-state index in [9.17, 15) is 18.0 Å². The van der Waals surface area contributed by atoms with Gasteiger partial charge in [0.1, 0.15) is 17.5 Å². The summed E-state index contributed by atoms with van der Waals surface area (Å²) in [5.41, 5.74) is 0.231. The van der Waals surface area contributed by atoms with E-state index in [1.54, 1.807) is 51.1 Å². The SMILES string of the molecule is CC(C)(C)OC(=O)Cc1ccc2c(c1)N(S(=O)(=O)c1cccc(Br)c1)C[C@H](CCC(=O)O)O2. The number of carbonyl (C=O) groups excluding carboxylic acids is 1. The molecule has 0 unspecified atom stereocenters. The zero-order chi connectivity index (χ0) is 24.4. The number of rotatable bonds is 7. The molecule has 2 aromatic carbocycles. The zero-order valence-electron chi connectivity index (χ0n) is 18.6. The van der Waals surface area contributed by atoms with Crippen LogP contribution in [0, 0.1) is 0 Å². The Morgan fingerprint density at radius 3 is 2.58 bits per heavy atom. The van der Waals surface area contributed by atoms with E-state index in [1.165, 1.54) is 16.4 Å². The molecule has 2 aromatic rings. The molecule has 0 fully saturated rings. The summed E-state index contributed by atoms with van der Waals surface area (Å²) in [7, 11) is -3.98. The van der Waals surface area contributed by atoms with Gasteiger partial charge in [0.05, 0.1) is 23.5 Å². The molecule has 0 saturated heterocycles. The van der Waals surface area contributed by atoms with Gasteiger partial charge in [0, 0.05) is 10.9 Å². The van der Waals surface area contributed by atoms with E-state index >= 15 is 0 Å². The number of carboxylic acids is 1. The number of hydrogen-bond acceptors (Lipinski definition) is 6. The van der Waals surface area contributed by atoms with E-state index in [-0.39, 0.29) is 30.7 Å². The number of hydrogen-bond donors (Lipinski definition) is 1. The highest BCUT2D eigenvalue weighted by atomic mass is 79.9. The molecule has 0 aliphatic carbocycles. The monoisotopic (exact) mass is 539 g/mol. The summed E-state index contributed by atoms with van der Waals surface area (Å²) < 4.78 is 40.2. The van der Waals surface area contributed by atoms with Crippen molar-refractivity contribution in [2.24, 2.45) is 0 Å². The third kappa shape index (κ3) is 6.48. The summed E-state index contributed by atoms with van der Waals surface area (Å²) in [6, 6.07) is 11.2. The summed E-state index contributed by atoms with van der Waals surface area (Å²) in [6.07, 6.45) is -0.662. The summed E-state index contributed by atoms with van der Waals surface area (Å²) in [5.74, 6) is -1.11. The van der Waals surface area contributed by atoms with Gasteiger partial charge < -0.3 is 14.6 Å². The smallest absolute Gasteiger partial charge is 0.310 e. The summed E-state index contributed by atoms with van der Waals surface area (Å²) in [5, 5.41) is 9.04. The molecule has 1 heterocycles. The molecule has 0 bridgehead atoms. The van der Waals surface area contributed by atoms with Gasteiger partial charge in [-0.05, 0) is 63.1 Å². The predicted octanol–water partition coefficient (Wildman–Crippen LogP) is 4.15. The van der Waals surface area contributed by atoms with Crippen LogP contribution in [0.15, 0.2) is 51.8 Å². The van der Waals surface area contributed by atoms with Gasteiger partial charge in [-0.25, -0.2) is 8.42 Å². The maximum Gasteiger partial charge on any atom is 0.310 e. The fourth-order valence-corrected chi connectivity index (χ4v) is 5.52. The molecule has 0 saturated carbocycles. The van der Waals surface area contributed by atoms with Crippen LogP contribution in [0.25, 0.3) is 0 Å². The van der Waals surface area contributed by atoms with E-state index in [0.717, 1.165) is 0 Å². The number of aliphatic carboxylic acids is 1. The van der Waals surface area contributed by atoms with Crippen molar-refractivity contribution in [1.82, 2.24) is 0 Å². The number of nitrogens with zero attached hydrogens (tertiary/aromatic N) is 1. The highest BCUT2D eigenvalue weighted by Gasteiger charge is 2.35. The van der Waals surface area contributed by atoms with Crippen molar-refractivity contribution in [3.63, 3.8) is 0 Å². The quantitative estimate of drug-likeness (QED) is 0.526. The summed E-state index contributed by atoms with van der Waals surface area (Å²) in [4.78, 5) is 23.4. The Labute approximate surface area is 201 Å². The lowest BCUT2D eigenvalue weighted by molar-refractivity contribution is -0.154. The van der Waals surface area contributed by atoms with Crippen molar-refractivity contribution in [3.8, 4) is 5.75 Å². The van der Waals surface area contributed by atoms with Crippen molar-refractivity contribution in [3.05, 3.63) is 52.5 Å². The lowest BCUT2D eigenvalue weighted by Gasteiger charge is -2.35. The normalized spacial score (nSPS) is 16.0. The Morgan fingerprint density at radius 2 is 1.94 bits per heavy atom. The second kappa shape index (κ2) is 9.72. The van der Waals surface area contributed by atoms with Crippen molar-refractivity contribution >= 4 is 43.6 Å². The molecule has 0 spiro atoms. The van der Waals surface area contributed by atoms with Crippen LogP contribution in [0.2, 0.25) is 0 Å². The minimum atomic E-state index is -3.98. The van der Waals surface area contributed by atoms with Crippen LogP contribution in [0.4, 0.5) is 5.69 Å². The van der Waals surface area contributed by atoms with Gasteiger partial charge in [-0.1, -0.05) is 28.1 Å². The van der Waals surface area contributed by atoms with Crippen LogP contribution in [-0.2, 0) is 30.8 Å². The van der Waals surface area contributed by atoms with Crippen molar-refractivity contribution in [2.75, 3.05) is 10.8 Å². The molecule has 8 nitrogen and oxygen atoms in total. The molecule has 3 rings (SSSR count). The Balaban J connectivity index is 1.99. The number of halogens is 1. The number of sulfonamides is 1. The Bertz CT molecular complexity index is 1160. The first kappa shape index (κ1) is 25.0. The van der Waals surface area contributed by atoms with Gasteiger partial charge in [0.2, 0.25) is 0 Å². The number of ether oxygens (including phenoxy) is 2. The summed E-state index contributed by atoms with van der Waals surface area (Å²) in [6.45, 7) is 5.27. The van der Waals surface area contributed by atoms with Gasteiger partial charge in [-0.3, -0.25) is 13.9 Å². The molecule has 1 atom stereocenters. The van der Waals surface area contributed by atoms with E-state index in [4.69, 9.17) is 14.6 Å². The second-order valence-electron chi connectivity index (χ2n) is 8.73. The topological polar surface area (TPSA) is 110 Å². The number of esters is 1. The van der Waals surface area contributed by atoms with E-state index in [0.29, 0.717) is 21.5 Å². The zero-order valence-corrected chi connectivity index (χ0v) is 21.0. The van der Waals surface area contributed by atoms with Crippen LogP contribution < -0.4 is 9.04 Å². The molecule has 0 radical (unpaired) electrons. The molecular formula is C23H26BrNO7S. The Hall–Kier alpha value is -2.59. The fourth-order valence-electron chi connectivity index (χ4n) is 3.43. The fraction of sp³-hybridized carbons (Fsp3) is 0.391. The van der Waals surface area contributed by atoms with Crippen LogP contribution in [-0.4, -0.2) is 43.7 Å². The van der Waals surface area contributed by atoms with Crippen LogP contribution in [0.3, 0.4) is 0 Å². The van der Waals surface area contributed by atoms with Crippen molar-refractivity contribution in [1.29, 1.82) is 0 Å². The lowest BCUT2D eigenvalue weighted by Crippen LogP contribution is -2.43. The maximum atomic E-state index is 13.5.